The van der Waals surface area contributed by atoms with Crippen molar-refractivity contribution in [1.82, 2.24) is 4.98 Å². The number of aryl methyl sites for hydroxylation is 1. The van der Waals surface area contributed by atoms with Gasteiger partial charge in [0.2, 0.25) is 0 Å². The highest BCUT2D eigenvalue weighted by Gasteiger charge is 2.09. The summed E-state index contributed by atoms with van der Waals surface area (Å²) in [5, 5.41) is 3.23. The van der Waals surface area contributed by atoms with Crippen molar-refractivity contribution in [3.63, 3.8) is 0 Å². The van der Waals surface area contributed by atoms with Gasteiger partial charge in [-0.05, 0) is 25.0 Å². The van der Waals surface area contributed by atoms with E-state index in [-0.39, 0.29) is 0 Å². The van der Waals surface area contributed by atoms with Gasteiger partial charge in [0, 0.05) is 16.5 Å². The van der Waals surface area contributed by atoms with Gasteiger partial charge in [0.25, 0.3) is 0 Å². The molecule has 0 atom stereocenters. The van der Waals surface area contributed by atoms with Crippen LogP contribution in [0.1, 0.15) is 11.1 Å². The summed E-state index contributed by atoms with van der Waals surface area (Å²) in [6.07, 6.45) is 0. The second kappa shape index (κ2) is 4.98. The van der Waals surface area contributed by atoms with Crippen LogP contribution in [0.2, 0.25) is 0 Å². The van der Waals surface area contributed by atoms with Crippen LogP contribution in [0.25, 0.3) is 21.8 Å². The van der Waals surface area contributed by atoms with Crippen LogP contribution in [-0.2, 0) is 0 Å². The van der Waals surface area contributed by atoms with Gasteiger partial charge in [0.1, 0.15) is 5.01 Å². The molecule has 0 unspecified atom stereocenters. The zero-order valence-corrected chi connectivity index (χ0v) is 11.9. The topological polar surface area (TPSA) is 12.9 Å². The molecule has 19 heavy (non-hydrogen) atoms. The quantitative estimate of drug-likeness (QED) is 0.628. The van der Waals surface area contributed by atoms with Gasteiger partial charge in [0.15, 0.2) is 0 Å². The number of thiazole rings is 1. The number of hydrogen-bond donors (Lipinski definition) is 0. The van der Waals surface area contributed by atoms with Gasteiger partial charge in [0.05, 0.1) is 5.69 Å². The molecule has 1 heterocycles. The standard InChI is InChI=1S/C17H15NS/c1-12-7-6-10-15(13(12)2)17-18-16(11-19-17)14-8-4-3-5-9-14/h3-11H,1-2H3. The Kier molecular flexibility index (Phi) is 3.18. The van der Waals surface area contributed by atoms with E-state index in [1.165, 1.54) is 22.3 Å². The second-order valence-corrected chi connectivity index (χ2v) is 5.51. The van der Waals surface area contributed by atoms with Gasteiger partial charge in [-0.25, -0.2) is 4.98 Å². The molecular weight excluding hydrogens is 250 g/mol. The maximum Gasteiger partial charge on any atom is 0.124 e. The zero-order valence-electron chi connectivity index (χ0n) is 11.1. The maximum absolute atomic E-state index is 4.77. The monoisotopic (exact) mass is 265 g/mol. The van der Waals surface area contributed by atoms with Crippen molar-refractivity contribution < 1.29 is 0 Å². The fraction of sp³-hybridized carbons (Fsp3) is 0.118. The minimum absolute atomic E-state index is 1.06. The van der Waals surface area contributed by atoms with Crippen LogP contribution in [0.15, 0.2) is 53.9 Å². The lowest BCUT2D eigenvalue weighted by atomic mass is 10.0. The average molecular weight is 265 g/mol. The van der Waals surface area contributed by atoms with Crippen LogP contribution in [0, 0.1) is 13.8 Å². The molecule has 2 heteroatoms. The van der Waals surface area contributed by atoms with Crippen molar-refractivity contribution in [2.75, 3.05) is 0 Å². The molecule has 2 aromatic carbocycles. The van der Waals surface area contributed by atoms with Gasteiger partial charge in [-0.15, -0.1) is 11.3 Å². The molecule has 94 valence electrons. The van der Waals surface area contributed by atoms with Gasteiger partial charge in [-0.3, -0.25) is 0 Å². The van der Waals surface area contributed by atoms with Gasteiger partial charge < -0.3 is 0 Å². The van der Waals surface area contributed by atoms with E-state index in [4.69, 9.17) is 4.98 Å². The summed E-state index contributed by atoms with van der Waals surface area (Å²) in [6.45, 7) is 4.30. The van der Waals surface area contributed by atoms with Crippen LogP contribution < -0.4 is 0 Å². The largest absolute Gasteiger partial charge is 0.236 e. The normalized spacial score (nSPS) is 10.6. The molecule has 0 radical (unpaired) electrons. The molecule has 0 aliphatic carbocycles. The van der Waals surface area contributed by atoms with Crippen LogP contribution in [0.4, 0.5) is 0 Å². The predicted octanol–water partition coefficient (Wildman–Crippen LogP) is 5.09. The van der Waals surface area contributed by atoms with Crippen LogP contribution >= 0.6 is 11.3 Å². The number of hydrogen-bond acceptors (Lipinski definition) is 2. The minimum Gasteiger partial charge on any atom is -0.236 e. The Morgan fingerprint density at radius 1 is 0.895 bits per heavy atom. The molecule has 0 saturated carbocycles. The van der Waals surface area contributed by atoms with E-state index in [9.17, 15) is 0 Å². The average Bonchev–Trinajstić information content (AvgIpc) is 2.92. The van der Waals surface area contributed by atoms with Crippen molar-refractivity contribution in [1.29, 1.82) is 0 Å². The van der Waals surface area contributed by atoms with Gasteiger partial charge >= 0.3 is 0 Å². The number of benzene rings is 2. The molecule has 0 fully saturated rings. The molecule has 0 amide bonds. The Hall–Kier alpha value is -1.93. The van der Waals surface area contributed by atoms with E-state index >= 15 is 0 Å². The van der Waals surface area contributed by atoms with Crippen LogP contribution in [0.5, 0.6) is 0 Å². The highest BCUT2D eigenvalue weighted by molar-refractivity contribution is 7.13. The number of rotatable bonds is 2. The van der Waals surface area contributed by atoms with Crippen molar-refractivity contribution in [2.45, 2.75) is 13.8 Å². The highest BCUT2D eigenvalue weighted by Crippen LogP contribution is 2.31. The van der Waals surface area contributed by atoms with Gasteiger partial charge in [-0.1, -0.05) is 48.5 Å². The fourth-order valence-electron chi connectivity index (χ4n) is 2.12. The minimum atomic E-state index is 1.06. The smallest absolute Gasteiger partial charge is 0.124 e. The first kappa shape index (κ1) is 12.1. The highest BCUT2D eigenvalue weighted by atomic mass is 32.1. The third-order valence-electron chi connectivity index (χ3n) is 3.41. The summed E-state index contributed by atoms with van der Waals surface area (Å²) in [6, 6.07) is 16.7. The van der Waals surface area contributed by atoms with Crippen LogP contribution in [0.3, 0.4) is 0 Å². The van der Waals surface area contributed by atoms with E-state index in [0.29, 0.717) is 0 Å². The van der Waals surface area contributed by atoms with Gasteiger partial charge in [-0.2, -0.15) is 0 Å². The van der Waals surface area contributed by atoms with E-state index in [1.807, 2.05) is 18.2 Å². The molecule has 3 rings (SSSR count). The summed E-state index contributed by atoms with van der Waals surface area (Å²) in [5.74, 6) is 0. The lowest BCUT2D eigenvalue weighted by molar-refractivity contribution is 1.32. The molecule has 0 N–H and O–H groups in total. The molecule has 0 spiro atoms. The van der Waals surface area contributed by atoms with Crippen molar-refractivity contribution >= 4 is 11.3 Å². The van der Waals surface area contributed by atoms with Crippen LogP contribution in [-0.4, -0.2) is 4.98 Å². The second-order valence-electron chi connectivity index (χ2n) is 4.65. The molecule has 0 saturated heterocycles. The van der Waals surface area contributed by atoms with E-state index in [2.05, 4.69) is 49.6 Å². The Labute approximate surface area is 117 Å². The van der Waals surface area contributed by atoms with E-state index in [0.717, 1.165) is 10.7 Å². The first-order valence-corrected chi connectivity index (χ1v) is 7.21. The number of aromatic nitrogens is 1. The van der Waals surface area contributed by atoms with Crippen molar-refractivity contribution in [3.05, 3.63) is 65.0 Å². The number of nitrogens with zero attached hydrogens (tertiary/aromatic N) is 1. The summed E-state index contributed by atoms with van der Waals surface area (Å²) in [7, 11) is 0. The lowest BCUT2D eigenvalue weighted by Gasteiger charge is -2.05. The molecule has 0 aliphatic heterocycles. The molecular formula is C17H15NS. The Bertz CT molecular complexity index is 698. The Morgan fingerprint density at radius 2 is 1.68 bits per heavy atom. The maximum atomic E-state index is 4.77. The Morgan fingerprint density at radius 3 is 2.47 bits per heavy atom. The summed E-state index contributed by atoms with van der Waals surface area (Å²) in [5.41, 5.74) is 6.11. The zero-order chi connectivity index (χ0) is 13.2. The van der Waals surface area contributed by atoms with Crippen molar-refractivity contribution in [2.24, 2.45) is 0 Å². The van der Waals surface area contributed by atoms with E-state index < -0.39 is 0 Å². The summed E-state index contributed by atoms with van der Waals surface area (Å²) >= 11 is 1.71. The third-order valence-corrected chi connectivity index (χ3v) is 4.28. The first-order chi connectivity index (χ1) is 9.25. The predicted molar refractivity (Wildman–Crippen MR) is 82.5 cm³/mol. The Balaban J connectivity index is 2.05. The van der Waals surface area contributed by atoms with E-state index in [1.54, 1.807) is 11.3 Å². The van der Waals surface area contributed by atoms with Crippen molar-refractivity contribution in [3.8, 4) is 21.8 Å². The molecule has 1 aromatic heterocycles. The molecule has 0 bridgehead atoms. The summed E-state index contributed by atoms with van der Waals surface area (Å²) in [4.78, 5) is 4.77. The lowest BCUT2D eigenvalue weighted by Crippen LogP contribution is -1.86. The first-order valence-electron chi connectivity index (χ1n) is 6.33. The molecule has 1 nitrogen and oxygen atoms in total. The third kappa shape index (κ3) is 2.32. The SMILES string of the molecule is Cc1cccc(-c2nc(-c3ccccc3)cs2)c1C. The molecule has 0 aliphatic rings. The molecule has 3 aromatic rings. The fourth-order valence-corrected chi connectivity index (χ4v) is 3.03. The summed E-state index contributed by atoms with van der Waals surface area (Å²) < 4.78 is 0.